The highest BCUT2D eigenvalue weighted by atomic mass is 35.5. The van der Waals surface area contributed by atoms with Crippen molar-refractivity contribution in [3.63, 3.8) is 0 Å². The molecule has 0 aliphatic heterocycles. The van der Waals surface area contributed by atoms with E-state index in [1.54, 1.807) is 24.3 Å². The Labute approximate surface area is 206 Å². The monoisotopic (exact) mass is 510 g/mol. The number of nitrogens with one attached hydrogen (secondary N) is 1. The molecule has 6 nitrogen and oxygen atoms in total. The number of carbonyl (C=O) groups is 2. The molecule has 4 aromatic rings. The van der Waals surface area contributed by atoms with Gasteiger partial charge in [0.25, 0.3) is 0 Å². The van der Waals surface area contributed by atoms with Crippen molar-refractivity contribution in [2.45, 2.75) is 11.3 Å². The molecule has 0 unspecified atom stereocenters. The van der Waals surface area contributed by atoms with Gasteiger partial charge in [-0.05, 0) is 24.3 Å². The van der Waals surface area contributed by atoms with Gasteiger partial charge in [0.1, 0.15) is 4.88 Å². The molecule has 0 saturated carbocycles. The number of rotatable bonds is 8. The second kappa shape index (κ2) is 10.3. The number of benzene rings is 3. The third-order valence-corrected chi connectivity index (χ3v) is 7.89. The standard InChI is InChI=1S/C25H19ClN2O4S2/c26-19-11-13-20(14-12-19)34(31,32)16-15-21(29)27-25-28-22(17-7-3-1-4-8-17)24(33-25)23(30)18-9-5-2-6-10-18/h1-14H,15-16H2,(H,27,28,29). The van der Waals surface area contributed by atoms with Gasteiger partial charge in [0.05, 0.1) is 16.3 Å². The molecule has 4 rings (SSSR count). The first-order valence-corrected chi connectivity index (χ1v) is 13.1. The van der Waals surface area contributed by atoms with E-state index in [2.05, 4.69) is 10.3 Å². The van der Waals surface area contributed by atoms with Gasteiger partial charge in [0.2, 0.25) is 11.7 Å². The molecule has 3 aromatic carbocycles. The summed E-state index contributed by atoms with van der Waals surface area (Å²) in [5.74, 6) is -1.08. The average molecular weight is 511 g/mol. The highest BCUT2D eigenvalue weighted by Crippen LogP contribution is 2.33. The Morgan fingerprint density at radius 1 is 0.882 bits per heavy atom. The topological polar surface area (TPSA) is 93.2 Å². The summed E-state index contributed by atoms with van der Waals surface area (Å²) in [5.41, 5.74) is 1.71. The Kier molecular flexibility index (Phi) is 7.21. The summed E-state index contributed by atoms with van der Waals surface area (Å²) >= 11 is 6.87. The molecule has 1 heterocycles. The van der Waals surface area contributed by atoms with Crippen LogP contribution in [-0.4, -0.2) is 30.8 Å². The van der Waals surface area contributed by atoms with Gasteiger partial charge in [-0.3, -0.25) is 9.59 Å². The molecule has 0 aliphatic rings. The second-order valence-corrected chi connectivity index (χ2v) is 10.9. The molecule has 0 fully saturated rings. The van der Waals surface area contributed by atoms with Crippen LogP contribution in [-0.2, 0) is 14.6 Å². The SMILES string of the molecule is O=C(CCS(=O)(=O)c1ccc(Cl)cc1)Nc1nc(-c2ccccc2)c(C(=O)c2ccccc2)s1. The summed E-state index contributed by atoms with van der Waals surface area (Å²) in [4.78, 5) is 30.6. The summed E-state index contributed by atoms with van der Waals surface area (Å²) in [6.07, 6.45) is -0.257. The Morgan fingerprint density at radius 2 is 1.50 bits per heavy atom. The first-order chi connectivity index (χ1) is 16.3. The molecule has 9 heteroatoms. The van der Waals surface area contributed by atoms with Crippen LogP contribution >= 0.6 is 22.9 Å². The largest absolute Gasteiger partial charge is 0.302 e. The van der Waals surface area contributed by atoms with Gasteiger partial charge in [-0.1, -0.05) is 83.6 Å². The summed E-state index contributed by atoms with van der Waals surface area (Å²) < 4.78 is 25.0. The van der Waals surface area contributed by atoms with E-state index in [1.807, 2.05) is 36.4 Å². The number of aromatic nitrogens is 1. The summed E-state index contributed by atoms with van der Waals surface area (Å²) in [6.45, 7) is 0. The zero-order valence-electron chi connectivity index (χ0n) is 17.8. The molecular weight excluding hydrogens is 492 g/mol. The second-order valence-electron chi connectivity index (χ2n) is 7.33. The Balaban J connectivity index is 1.54. The maximum atomic E-state index is 13.1. The Hall–Kier alpha value is -3.33. The molecule has 172 valence electrons. The maximum Gasteiger partial charge on any atom is 0.227 e. The third kappa shape index (κ3) is 5.59. The van der Waals surface area contributed by atoms with E-state index in [9.17, 15) is 18.0 Å². The molecule has 0 spiro atoms. The first-order valence-electron chi connectivity index (χ1n) is 10.3. The van der Waals surface area contributed by atoms with Crippen LogP contribution in [0.3, 0.4) is 0 Å². The molecule has 0 atom stereocenters. The van der Waals surface area contributed by atoms with Crippen LogP contribution < -0.4 is 5.32 Å². The maximum absolute atomic E-state index is 13.1. The van der Waals surface area contributed by atoms with E-state index in [0.717, 1.165) is 16.9 Å². The highest BCUT2D eigenvalue weighted by Gasteiger charge is 2.22. The van der Waals surface area contributed by atoms with E-state index < -0.39 is 15.7 Å². The van der Waals surface area contributed by atoms with Gasteiger partial charge in [0, 0.05) is 22.6 Å². The van der Waals surface area contributed by atoms with Crippen molar-refractivity contribution in [2.75, 3.05) is 11.1 Å². The summed E-state index contributed by atoms with van der Waals surface area (Å²) in [5, 5.41) is 3.30. The van der Waals surface area contributed by atoms with Crippen molar-refractivity contribution in [1.82, 2.24) is 4.98 Å². The Bertz CT molecular complexity index is 1420. The molecule has 34 heavy (non-hydrogen) atoms. The molecule has 1 aromatic heterocycles. The van der Waals surface area contributed by atoms with Crippen molar-refractivity contribution in [1.29, 1.82) is 0 Å². The molecule has 0 aliphatic carbocycles. The number of amides is 1. The lowest BCUT2D eigenvalue weighted by Crippen LogP contribution is -2.17. The van der Waals surface area contributed by atoms with Crippen LogP contribution in [0.5, 0.6) is 0 Å². The minimum atomic E-state index is -3.65. The van der Waals surface area contributed by atoms with Crippen LogP contribution in [0.1, 0.15) is 21.7 Å². The predicted molar refractivity (Wildman–Crippen MR) is 134 cm³/mol. The average Bonchev–Trinajstić information content (AvgIpc) is 3.27. The molecule has 0 saturated heterocycles. The van der Waals surface area contributed by atoms with Gasteiger partial charge in [-0.15, -0.1) is 0 Å². The van der Waals surface area contributed by atoms with Crippen LogP contribution in [0.4, 0.5) is 5.13 Å². The minimum absolute atomic E-state index is 0.0982. The van der Waals surface area contributed by atoms with E-state index in [0.29, 0.717) is 21.2 Å². The van der Waals surface area contributed by atoms with Crippen LogP contribution in [0.15, 0.2) is 89.8 Å². The number of thiazole rings is 1. The fourth-order valence-corrected chi connectivity index (χ4v) is 5.54. The lowest BCUT2D eigenvalue weighted by atomic mass is 10.1. The van der Waals surface area contributed by atoms with E-state index >= 15 is 0 Å². The number of hydrogen-bond acceptors (Lipinski definition) is 6. The van der Waals surface area contributed by atoms with Crippen molar-refractivity contribution in [3.8, 4) is 11.3 Å². The number of ketones is 1. The van der Waals surface area contributed by atoms with Gasteiger partial charge in [-0.2, -0.15) is 0 Å². The highest BCUT2D eigenvalue weighted by molar-refractivity contribution is 7.91. The molecular formula is C25H19ClN2O4S2. The zero-order chi connectivity index (χ0) is 24.1. The van der Waals surface area contributed by atoms with Crippen LogP contribution in [0, 0.1) is 0 Å². The predicted octanol–water partition coefficient (Wildman–Crippen LogP) is 5.50. The van der Waals surface area contributed by atoms with Crippen molar-refractivity contribution in [2.24, 2.45) is 0 Å². The summed E-state index contributed by atoms with van der Waals surface area (Å²) in [7, 11) is -3.65. The zero-order valence-corrected chi connectivity index (χ0v) is 20.2. The number of hydrogen-bond donors (Lipinski definition) is 1. The van der Waals surface area contributed by atoms with Gasteiger partial charge >= 0.3 is 0 Å². The number of sulfone groups is 1. The number of carbonyl (C=O) groups excluding carboxylic acids is 2. The fraction of sp³-hybridized carbons (Fsp3) is 0.0800. The first kappa shape index (κ1) is 23.8. The van der Waals surface area contributed by atoms with Crippen molar-refractivity contribution in [3.05, 3.63) is 100 Å². The molecule has 1 amide bonds. The smallest absolute Gasteiger partial charge is 0.227 e. The quantitative estimate of drug-likeness (QED) is 0.316. The van der Waals surface area contributed by atoms with Gasteiger partial charge < -0.3 is 5.32 Å². The van der Waals surface area contributed by atoms with Crippen LogP contribution in [0.2, 0.25) is 5.02 Å². The number of halogens is 1. The van der Waals surface area contributed by atoms with Crippen molar-refractivity contribution >= 4 is 49.6 Å². The molecule has 0 radical (unpaired) electrons. The van der Waals surface area contributed by atoms with Gasteiger partial charge in [-0.25, -0.2) is 13.4 Å². The van der Waals surface area contributed by atoms with E-state index in [4.69, 9.17) is 11.6 Å². The number of nitrogens with zero attached hydrogens (tertiary/aromatic N) is 1. The van der Waals surface area contributed by atoms with Crippen LogP contribution in [0.25, 0.3) is 11.3 Å². The summed E-state index contributed by atoms with van der Waals surface area (Å²) in [6, 6.07) is 23.8. The van der Waals surface area contributed by atoms with E-state index in [1.165, 1.54) is 24.3 Å². The normalized spacial score (nSPS) is 11.2. The molecule has 0 bridgehead atoms. The fourth-order valence-electron chi connectivity index (χ4n) is 3.21. The lowest BCUT2D eigenvalue weighted by molar-refractivity contribution is -0.115. The molecule has 1 N–H and O–H groups in total. The van der Waals surface area contributed by atoms with Gasteiger partial charge in [0.15, 0.2) is 15.0 Å². The number of anilines is 1. The third-order valence-electron chi connectivity index (χ3n) is 4.93. The van der Waals surface area contributed by atoms with E-state index in [-0.39, 0.29) is 28.0 Å². The lowest BCUT2D eigenvalue weighted by Gasteiger charge is -2.05. The minimum Gasteiger partial charge on any atom is -0.302 e. The Morgan fingerprint density at radius 3 is 2.15 bits per heavy atom. The van der Waals surface area contributed by atoms with Crippen molar-refractivity contribution < 1.29 is 18.0 Å².